The Kier molecular flexibility index (Phi) is 2.92. The molecule has 17 heavy (non-hydrogen) atoms. The second kappa shape index (κ2) is 4.11. The fourth-order valence-corrected chi connectivity index (χ4v) is 4.37. The number of aliphatic carboxylic acids is 1. The van der Waals surface area contributed by atoms with Crippen molar-refractivity contribution < 1.29 is 18.3 Å². The summed E-state index contributed by atoms with van der Waals surface area (Å²) in [6.45, 7) is 1.86. The number of carboxylic acid groups (broad SMARTS) is 1. The van der Waals surface area contributed by atoms with Crippen LogP contribution >= 0.6 is 11.3 Å². The van der Waals surface area contributed by atoms with E-state index >= 15 is 0 Å². The molecule has 0 radical (unpaired) electrons. The molecule has 2 rings (SSSR count). The van der Waals surface area contributed by atoms with Crippen molar-refractivity contribution in [2.45, 2.75) is 24.7 Å². The predicted octanol–water partition coefficient (Wildman–Crippen LogP) is 1.30. The Morgan fingerprint density at radius 1 is 1.59 bits per heavy atom. The van der Waals surface area contributed by atoms with Gasteiger partial charge in [-0.2, -0.15) is 8.42 Å². The molecule has 2 N–H and O–H groups in total. The second-order valence-corrected chi connectivity index (χ2v) is 5.90. The SMILES string of the molecule is CCc1csc2c1S(=O)(=O)N=C(CC(=O)O)N2. The van der Waals surface area contributed by atoms with Crippen LogP contribution in [0.5, 0.6) is 0 Å². The number of anilines is 1. The lowest BCUT2D eigenvalue weighted by atomic mass is 10.2. The molecule has 2 heterocycles. The molecule has 1 aromatic rings. The molecule has 6 nitrogen and oxygen atoms in total. The zero-order valence-electron chi connectivity index (χ0n) is 8.93. The van der Waals surface area contributed by atoms with Crippen LogP contribution in [0, 0.1) is 0 Å². The topological polar surface area (TPSA) is 95.8 Å². The standard InChI is InChI=1S/C9H10N2O4S2/c1-2-5-4-16-9-8(5)17(14,15)11-6(10-9)3-7(12)13/h4H,2-3H2,1H3,(H,10,11)(H,12,13). The third-order valence-electron chi connectivity index (χ3n) is 2.26. The number of hydrogen-bond acceptors (Lipinski definition) is 5. The van der Waals surface area contributed by atoms with Crippen molar-refractivity contribution in [3.8, 4) is 0 Å². The number of sulfonamides is 1. The summed E-state index contributed by atoms with van der Waals surface area (Å²) in [6.07, 6.45) is 0.161. The Morgan fingerprint density at radius 2 is 2.29 bits per heavy atom. The van der Waals surface area contributed by atoms with Crippen LogP contribution in [0.25, 0.3) is 0 Å². The van der Waals surface area contributed by atoms with Gasteiger partial charge in [0.1, 0.15) is 22.2 Å². The Morgan fingerprint density at radius 3 is 2.88 bits per heavy atom. The van der Waals surface area contributed by atoms with Crippen LogP contribution < -0.4 is 5.32 Å². The Balaban J connectivity index is 2.48. The van der Waals surface area contributed by atoms with E-state index in [0.717, 1.165) is 0 Å². The van der Waals surface area contributed by atoms with Crippen molar-refractivity contribution in [2.75, 3.05) is 5.32 Å². The first-order valence-corrected chi connectivity index (χ1v) is 7.19. The van der Waals surface area contributed by atoms with Gasteiger partial charge in [-0.15, -0.1) is 15.7 Å². The number of nitrogens with zero attached hydrogens (tertiary/aromatic N) is 1. The minimum atomic E-state index is -3.76. The summed E-state index contributed by atoms with van der Waals surface area (Å²) < 4.78 is 27.3. The lowest BCUT2D eigenvalue weighted by Gasteiger charge is -2.14. The molecule has 8 heteroatoms. The van der Waals surface area contributed by atoms with Gasteiger partial charge in [-0.25, -0.2) is 0 Å². The molecule has 0 atom stereocenters. The van der Waals surface area contributed by atoms with Gasteiger partial charge in [0.15, 0.2) is 0 Å². The van der Waals surface area contributed by atoms with Crippen molar-refractivity contribution in [1.82, 2.24) is 0 Å². The molecule has 0 unspecified atom stereocenters. The van der Waals surface area contributed by atoms with Gasteiger partial charge in [-0.3, -0.25) is 4.79 Å². The third-order valence-corrected chi connectivity index (χ3v) is 4.78. The molecular weight excluding hydrogens is 264 g/mol. The van der Waals surface area contributed by atoms with Crippen molar-refractivity contribution >= 4 is 38.2 Å². The quantitative estimate of drug-likeness (QED) is 0.866. The molecule has 0 bridgehead atoms. The number of fused-ring (bicyclic) bond motifs is 1. The summed E-state index contributed by atoms with van der Waals surface area (Å²) in [6, 6.07) is 0. The molecule has 0 aromatic carbocycles. The minimum absolute atomic E-state index is 0.0468. The Labute approximate surface area is 102 Å². The minimum Gasteiger partial charge on any atom is -0.481 e. The van der Waals surface area contributed by atoms with Gasteiger partial charge >= 0.3 is 5.97 Å². The number of nitrogens with one attached hydrogen (secondary N) is 1. The third kappa shape index (κ3) is 2.18. The van der Waals surface area contributed by atoms with Gasteiger partial charge in [0.05, 0.1) is 0 Å². The largest absolute Gasteiger partial charge is 0.481 e. The van der Waals surface area contributed by atoms with Crippen LogP contribution in [0.2, 0.25) is 0 Å². The molecule has 1 aromatic heterocycles. The fraction of sp³-hybridized carbons (Fsp3) is 0.333. The summed E-state index contributed by atoms with van der Waals surface area (Å²) in [5.74, 6) is -1.17. The molecule has 1 aliphatic rings. The number of carboxylic acids is 1. The van der Waals surface area contributed by atoms with Crippen LogP contribution in [0.1, 0.15) is 18.9 Å². The molecule has 0 aliphatic carbocycles. The van der Waals surface area contributed by atoms with Crippen molar-refractivity contribution in [3.63, 3.8) is 0 Å². The highest BCUT2D eigenvalue weighted by molar-refractivity contribution is 7.90. The molecule has 0 fully saturated rings. The second-order valence-electron chi connectivity index (χ2n) is 3.48. The lowest BCUT2D eigenvalue weighted by molar-refractivity contribution is -0.135. The van der Waals surface area contributed by atoms with Crippen molar-refractivity contribution in [3.05, 3.63) is 10.9 Å². The van der Waals surface area contributed by atoms with E-state index in [1.165, 1.54) is 11.3 Å². The van der Waals surface area contributed by atoms with Crippen LogP contribution in [0.3, 0.4) is 0 Å². The maximum absolute atomic E-state index is 11.9. The Hall–Kier alpha value is -1.41. The lowest BCUT2D eigenvalue weighted by Crippen LogP contribution is -2.23. The average Bonchev–Trinajstić information content (AvgIpc) is 2.59. The maximum atomic E-state index is 11.9. The van der Waals surface area contributed by atoms with Crippen molar-refractivity contribution in [2.24, 2.45) is 4.40 Å². The van der Waals surface area contributed by atoms with E-state index < -0.39 is 22.4 Å². The van der Waals surface area contributed by atoms with Crippen LogP contribution in [0.15, 0.2) is 14.7 Å². The summed E-state index contributed by atoms with van der Waals surface area (Å²) in [7, 11) is -3.76. The van der Waals surface area contributed by atoms with E-state index in [2.05, 4.69) is 9.71 Å². The zero-order chi connectivity index (χ0) is 12.6. The van der Waals surface area contributed by atoms with Crippen LogP contribution in [-0.2, 0) is 21.2 Å². The molecule has 0 saturated carbocycles. The van der Waals surface area contributed by atoms with Crippen molar-refractivity contribution in [1.29, 1.82) is 0 Å². The molecule has 0 amide bonds. The summed E-state index contributed by atoms with van der Waals surface area (Å²) in [4.78, 5) is 10.7. The van der Waals surface area contributed by atoms with E-state index in [-0.39, 0.29) is 10.7 Å². The average molecular weight is 274 g/mol. The molecule has 92 valence electrons. The normalized spacial score (nSPS) is 16.9. The fourth-order valence-electron chi connectivity index (χ4n) is 1.56. The summed E-state index contributed by atoms with van der Waals surface area (Å²) in [5.41, 5.74) is 0.704. The number of hydrogen-bond donors (Lipinski definition) is 2. The van der Waals surface area contributed by atoms with E-state index in [0.29, 0.717) is 17.0 Å². The first kappa shape index (κ1) is 12.1. The van der Waals surface area contributed by atoms with Gasteiger partial charge in [0, 0.05) is 0 Å². The first-order valence-electron chi connectivity index (χ1n) is 4.87. The maximum Gasteiger partial charge on any atom is 0.311 e. The predicted molar refractivity (Wildman–Crippen MR) is 64.2 cm³/mol. The van der Waals surface area contributed by atoms with Crippen LogP contribution in [0.4, 0.5) is 5.00 Å². The van der Waals surface area contributed by atoms with Gasteiger partial charge in [0.25, 0.3) is 10.0 Å². The highest BCUT2D eigenvalue weighted by atomic mass is 32.2. The van der Waals surface area contributed by atoms with Gasteiger partial charge in [-0.05, 0) is 17.4 Å². The van der Waals surface area contributed by atoms with Crippen LogP contribution in [-0.4, -0.2) is 25.3 Å². The number of thiophene rings is 1. The molecule has 0 spiro atoms. The van der Waals surface area contributed by atoms with Gasteiger partial charge in [-0.1, -0.05) is 6.92 Å². The molecule has 0 saturated heterocycles. The number of rotatable bonds is 3. The highest BCUT2D eigenvalue weighted by Gasteiger charge is 2.29. The van der Waals surface area contributed by atoms with E-state index in [9.17, 15) is 13.2 Å². The van der Waals surface area contributed by atoms with E-state index in [1.807, 2.05) is 6.92 Å². The first-order chi connectivity index (χ1) is 7.94. The molecule has 1 aliphatic heterocycles. The van der Waals surface area contributed by atoms with E-state index in [1.54, 1.807) is 5.38 Å². The number of amidine groups is 1. The molecular formula is C9H10N2O4S2. The monoisotopic (exact) mass is 274 g/mol. The Bertz CT molecular complexity index is 601. The highest BCUT2D eigenvalue weighted by Crippen LogP contribution is 2.36. The van der Waals surface area contributed by atoms with E-state index in [4.69, 9.17) is 5.11 Å². The summed E-state index contributed by atoms with van der Waals surface area (Å²) >= 11 is 1.25. The summed E-state index contributed by atoms with van der Waals surface area (Å²) in [5, 5.41) is 13.6. The number of aryl methyl sites for hydroxylation is 1. The smallest absolute Gasteiger partial charge is 0.311 e. The van der Waals surface area contributed by atoms with Gasteiger partial charge in [0.2, 0.25) is 0 Å². The zero-order valence-corrected chi connectivity index (χ0v) is 10.6. The number of carbonyl (C=O) groups is 1. The van der Waals surface area contributed by atoms with Gasteiger partial charge < -0.3 is 10.4 Å².